The molecule has 0 radical (unpaired) electrons. The summed E-state index contributed by atoms with van der Waals surface area (Å²) in [6, 6.07) is 7.77. The highest BCUT2D eigenvalue weighted by atomic mass is 79.9. The van der Waals surface area contributed by atoms with E-state index in [1.807, 2.05) is 31.2 Å². The summed E-state index contributed by atoms with van der Waals surface area (Å²) in [4.78, 5) is 29.3. The number of ether oxygens (including phenoxy) is 2. The van der Waals surface area contributed by atoms with E-state index < -0.39 is 22.5 Å². The van der Waals surface area contributed by atoms with Gasteiger partial charge in [-0.25, -0.2) is 4.79 Å². The number of rotatable bonds is 3. The van der Waals surface area contributed by atoms with Crippen LogP contribution in [0, 0.1) is 0 Å². The Balaban J connectivity index is 2.33. The molecule has 1 amide bonds. The summed E-state index contributed by atoms with van der Waals surface area (Å²) >= 11 is 4.66. The van der Waals surface area contributed by atoms with Gasteiger partial charge in [-0.05, 0) is 58.7 Å². The molecule has 1 aromatic rings. The van der Waals surface area contributed by atoms with Crippen molar-refractivity contribution in [1.82, 2.24) is 5.32 Å². The van der Waals surface area contributed by atoms with E-state index in [0.29, 0.717) is 18.2 Å². The molecule has 0 aliphatic carbocycles. The third kappa shape index (κ3) is 6.24. The van der Waals surface area contributed by atoms with Gasteiger partial charge < -0.3 is 9.47 Å². The van der Waals surface area contributed by atoms with Crippen molar-refractivity contribution in [2.75, 3.05) is 6.61 Å². The Labute approximate surface area is 172 Å². The van der Waals surface area contributed by atoms with Gasteiger partial charge in [-0.3, -0.25) is 15.1 Å². The molecule has 0 saturated carbocycles. The molecule has 1 aromatic carbocycles. The Morgan fingerprint density at radius 2 is 2.11 bits per heavy atom. The van der Waals surface area contributed by atoms with Gasteiger partial charge in [0.15, 0.2) is 5.17 Å². The minimum Gasteiger partial charge on any atom is -0.465 e. The Kier molecular flexibility index (Phi) is 6.97. The largest absolute Gasteiger partial charge is 0.465 e. The highest BCUT2D eigenvalue weighted by Gasteiger charge is 2.40. The lowest BCUT2D eigenvalue weighted by molar-refractivity contribution is -0.142. The number of nitrogens with one attached hydrogen (secondary N) is 1. The Hall–Kier alpha value is -1.54. The van der Waals surface area contributed by atoms with Crippen molar-refractivity contribution in [3.05, 3.63) is 34.3 Å². The molecule has 0 aromatic heterocycles. The second kappa shape index (κ2) is 8.65. The second-order valence-corrected chi connectivity index (χ2v) is 9.50. The number of thioether (sulfide) groups is 1. The van der Waals surface area contributed by atoms with Crippen LogP contribution in [-0.4, -0.2) is 34.7 Å². The standard InChI is InChI=1S/C19H25BrN2O4S/c1-6-25-15(23)14-11-19(5,12-8-7-9-13(20)10-12)22-16(27-14)21-17(24)26-18(2,3)4/h7-10,14H,6,11H2,1-5H3,(H,21,22,24). The average Bonchev–Trinajstić information content (AvgIpc) is 2.52. The van der Waals surface area contributed by atoms with Crippen molar-refractivity contribution in [2.24, 2.45) is 4.99 Å². The van der Waals surface area contributed by atoms with Gasteiger partial charge in [-0.1, -0.05) is 39.8 Å². The molecule has 2 unspecified atom stereocenters. The maximum Gasteiger partial charge on any atom is 0.413 e. The molecule has 0 saturated heterocycles. The number of hydrogen-bond donors (Lipinski definition) is 1. The molecule has 148 valence electrons. The molecule has 1 heterocycles. The summed E-state index contributed by atoms with van der Waals surface area (Å²) in [5.74, 6) is -0.317. The topological polar surface area (TPSA) is 77.0 Å². The van der Waals surface area contributed by atoms with Gasteiger partial charge in [0.05, 0.1) is 12.1 Å². The summed E-state index contributed by atoms with van der Waals surface area (Å²) < 4.78 is 11.4. The number of benzene rings is 1. The Bertz CT molecular complexity index is 747. The van der Waals surface area contributed by atoms with Crippen molar-refractivity contribution < 1.29 is 19.1 Å². The third-order valence-electron chi connectivity index (χ3n) is 3.79. The van der Waals surface area contributed by atoms with Gasteiger partial charge in [0.1, 0.15) is 10.9 Å². The average molecular weight is 457 g/mol. The van der Waals surface area contributed by atoms with Crippen LogP contribution in [0.25, 0.3) is 0 Å². The molecule has 1 aliphatic heterocycles. The molecule has 0 fully saturated rings. The highest BCUT2D eigenvalue weighted by molar-refractivity contribution is 9.10. The summed E-state index contributed by atoms with van der Waals surface area (Å²) in [5, 5.41) is 2.54. The number of esters is 1. The minimum absolute atomic E-state index is 0.301. The van der Waals surface area contributed by atoms with Crippen LogP contribution in [-0.2, 0) is 19.8 Å². The fourth-order valence-corrected chi connectivity index (χ4v) is 4.29. The molecule has 2 atom stereocenters. The van der Waals surface area contributed by atoms with Crippen molar-refractivity contribution in [3.63, 3.8) is 0 Å². The van der Waals surface area contributed by atoms with Crippen LogP contribution in [0.1, 0.15) is 46.6 Å². The zero-order chi connectivity index (χ0) is 20.2. The number of carbonyl (C=O) groups is 2. The monoisotopic (exact) mass is 456 g/mol. The molecule has 0 spiro atoms. The molecule has 0 bridgehead atoms. The van der Waals surface area contributed by atoms with E-state index in [4.69, 9.17) is 14.5 Å². The number of nitrogens with zero attached hydrogens (tertiary/aromatic N) is 1. The van der Waals surface area contributed by atoms with E-state index in [9.17, 15) is 9.59 Å². The van der Waals surface area contributed by atoms with Crippen LogP contribution >= 0.6 is 27.7 Å². The summed E-state index contributed by atoms with van der Waals surface area (Å²) in [6.45, 7) is 9.38. The van der Waals surface area contributed by atoms with E-state index in [0.717, 1.165) is 10.0 Å². The molecule has 2 rings (SSSR count). The van der Waals surface area contributed by atoms with Crippen LogP contribution < -0.4 is 5.32 Å². The van der Waals surface area contributed by atoms with Gasteiger partial charge >= 0.3 is 12.1 Å². The fourth-order valence-electron chi connectivity index (χ4n) is 2.65. The number of carbonyl (C=O) groups excluding carboxylic acids is 2. The number of amidine groups is 1. The molecule has 1 N–H and O–H groups in total. The van der Waals surface area contributed by atoms with Crippen molar-refractivity contribution in [2.45, 2.75) is 57.4 Å². The first kappa shape index (κ1) is 21.8. The molecule has 8 heteroatoms. The number of hydrogen-bond acceptors (Lipinski definition) is 6. The van der Waals surface area contributed by atoms with Crippen LogP contribution in [0.2, 0.25) is 0 Å². The summed E-state index contributed by atoms with van der Waals surface area (Å²) in [6.07, 6.45) is -0.137. The van der Waals surface area contributed by atoms with Crippen LogP contribution in [0.4, 0.5) is 4.79 Å². The molecule has 6 nitrogen and oxygen atoms in total. The van der Waals surface area contributed by atoms with Crippen LogP contribution in [0.15, 0.2) is 33.7 Å². The predicted octanol–water partition coefficient (Wildman–Crippen LogP) is 4.61. The van der Waals surface area contributed by atoms with Gasteiger partial charge in [-0.2, -0.15) is 0 Å². The molecule has 1 aliphatic rings. The second-order valence-electron chi connectivity index (χ2n) is 7.39. The van der Waals surface area contributed by atoms with Crippen molar-refractivity contribution >= 4 is 44.9 Å². The lowest BCUT2D eigenvalue weighted by Gasteiger charge is -2.34. The maximum absolute atomic E-state index is 12.4. The maximum atomic E-state index is 12.4. The number of aliphatic imine (C=N–C) groups is 1. The molecule has 27 heavy (non-hydrogen) atoms. The number of alkyl carbamates (subject to hydrolysis) is 1. The van der Waals surface area contributed by atoms with Crippen molar-refractivity contribution in [3.8, 4) is 0 Å². The zero-order valence-corrected chi connectivity index (χ0v) is 18.6. The Morgan fingerprint density at radius 3 is 2.70 bits per heavy atom. The first-order chi connectivity index (χ1) is 12.5. The summed E-state index contributed by atoms with van der Waals surface area (Å²) in [5.41, 5.74) is -0.371. The quantitative estimate of drug-likeness (QED) is 0.671. The highest BCUT2D eigenvalue weighted by Crippen LogP contribution is 2.40. The SMILES string of the molecule is CCOC(=O)C1CC(C)(c2cccc(Br)c2)N=C(NC(=O)OC(C)(C)C)S1. The minimum atomic E-state index is -0.684. The third-order valence-corrected chi connectivity index (χ3v) is 5.34. The van der Waals surface area contributed by atoms with E-state index in [1.54, 1.807) is 27.7 Å². The normalized spacial score (nSPS) is 22.6. The van der Waals surface area contributed by atoms with Crippen LogP contribution in [0.3, 0.4) is 0 Å². The fraction of sp³-hybridized carbons (Fsp3) is 0.526. The van der Waals surface area contributed by atoms with Gasteiger partial charge in [-0.15, -0.1) is 0 Å². The Morgan fingerprint density at radius 1 is 1.41 bits per heavy atom. The van der Waals surface area contributed by atoms with E-state index >= 15 is 0 Å². The summed E-state index contributed by atoms with van der Waals surface area (Å²) in [7, 11) is 0. The van der Waals surface area contributed by atoms with Crippen LogP contribution in [0.5, 0.6) is 0 Å². The number of halogens is 1. The van der Waals surface area contributed by atoms with Gasteiger partial charge in [0.25, 0.3) is 0 Å². The smallest absolute Gasteiger partial charge is 0.413 e. The van der Waals surface area contributed by atoms with Gasteiger partial charge in [0, 0.05) is 4.47 Å². The first-order valence-corrected chi connectivity index (χ1v) is 10.4. The lowest BCUT2D eigenvalue weighted by atomic mass is 9.87. The first-order valence-electron chi connectivity index (χ1n) is 8.71. The zero-order valence-electron chi connectivity index (χ0n) is 16.2. The molecular formula is C19H25BrN2O4S. The van der Waals surface area contributed by atoms with Gasteiger partial charge in [0.2, 0.25) is 0 Å². The lowest BCUT2D eigenvalue weighted by Crippen LogP contribution is -2.42. The number of amides is 1. The van der Waals surface area contributed by atoms with Crippen molar-refractivity contribution in [1.29, 1.82) is 0 Å². The van der Waals surface area contributed by atoms with E-state index in [-0.39, 0.29) is 5.97 Å². The van der Waals surface area contributed by atoms with E-state index in [2.05, 4.69) is 21.2 Å². The van der Waals surface area contributed by atoms with E-state index in [1.165, 1.54) is 11.8 Å². The predicted molar refractivity (Wildman–Crippen MR) is 111 cm³/mol. The molecular weight excluding hydrogens is 432 g/mol.